The topological polar surface area (TPSA) is 53.5 Å². The summed E-state index contributed by atoms with van der Waals surface area (Å²) < 4.78 is 6.84. The number of hydrogen-bond donors (Lipinski definition) is 0. The van der Waals surface area contributed by atoms with Crippen LogP contribution in [0.15, 0.2) is 510 Å². The molecule has 0 saturated carbocycles. The number of benzene rings is 24. The molecule has 0 radical (unpaired) electrons. The second-order valence-electron chi connectivity index (χ2n) is 36.2. The quantitative estimate of drug-likeness (QED) is 0.102. The zero-order chi connectivity index (χ0) is 93.1. The van der Waals surface area contributed by atoms with Crippen molar-refractivity contribution in [3.05, 3.63) is 521 Å². The average Bonchev–Trinajstić information content (AvgIpc) is 0.935. The molecule has 140 heavy (non-hydrogen) atoms. The molecule has 24 aromatic carbocycles. The molecular weight excluding hydrogens is 1690 g/mol. The summed E-state index contributed by atoms with van der Waals surface area (Å²) in [6.07, 6.45) is 0.866. The van der Waals surface area contributed by atoms with Crippen LogP contribution in [0.25, 0.3) is 248 Å². The van der Waals surface area contributed by atoms with Crippen molar-refractivity contribution in [3.63, 3.8) is 0 Å². The maximum absolute atomic E-state index is 5.12. The minimum absolute atomic E-state index is 0.866. The first-order valence-corrected chi connectivity index (χ1v) is 48.2. The van der Waals surface area contributed by atoms with Gasteiger partial charge in [-0.3, -0.25) is 13.7 Å². The van der Waals surface area contributed by atoms with Crippen molar-refractivity contribution in [2.75, 3.05) is 0 Å². The Kier molecular flexibility index (Phi) is 21.4. The number of rotatable bonds is 14. The Hall–Kier alpha value is -18.2. The van der Waals surface area contributed by atoms with E-state index in [-0.39, 0.29) is 0 Å². The fraction of sp³-hybridized carbons (Fsp3) is 0.0224. The Morgan fingerprint density at radius 3 is 0.829 bits per heavy atom. The van der Waals surface area contributed by atoms with Crippen molar-refractivity contribution in [3.8, 4) is 129 Å². The number of fused-ring (bicyclic) bond motifs is 11. The standard InChI is InChI=1S/C53H34N2.C41H30N2.C40H28N2/c1-2-15-37(16-3-1)53-54-49-23-10-11-24-50(49)55(53)44-20-12-19-40(33-44)41-29-30-47-48(34-41)52(43-28-26-36-14-5-7-18-39(36)32-43)46-22-9-8-21-45(46)51(47)42-27-25-35-13-4-6-17-38(35)31-42;1-2-39-42-37-22-11-12-23-38(37)43(39)32-19-13-18-30(26-32)31-24-25-35-36(27-31)41(29-16-7-4-8-17-29)34-21-10-9-20-33(34)40(35)28-14-5-3-6-15-28;1-27-41-37-21-10-11-22-38(37)42(27)32-18-12-17-30(25-32)31-23-24-35-36(26-31)40(29-15-6-3-7-16-29)34-20-9-8-19-33(34)39(35)28-13-4-2-5-14-28/h1-34H;3-27H,2H2,1H3;2-26H,1H3. The first-order chi connectivity index (χ1) is 69.3. The minimum Gasteiger partial charge on any atom is -0.297 e. The van der Waals surface area contributed by atoms with E-state index in [2.05, 4.69) is 531 Å². The normalized spacial score (nSPS) is 11.5. The molecule has 0 N–H and O–H groups in total. The molecule has 3 heterocycles. The maximum atomic E-state index is 5.12. The van der Waals surface area contributed by atoms with Crippen LogP contribution < -0.4 is 0 Å². The van der Waals surface area contributed by atoms with Crippen molar-refractivity contribution >= 4 is 119 Å². The van der Waals surface area contributed by atoms with Gasteiger partial charge in [-0.1, -0.05) is 413 Å². The first kappa shape index (κ1) is 83.6. The van der Waals surface area contributed by atoms with Crippen LogP contribution in [0.3, 0.4) is 0 Å². The molecule has 6 heteroatoms. The van der Waals surface area contributed by atoms with E-state index in [1.165, 1.54) is 181 Å². The SMILES string of the molecule is CCc1nc2ccccc2n1-c1cccc(-c2ccc3c(-c4ccccc4)c4ccccc4c(-c4ccccc4)c3c2)c1.Cc1nc2ccccc2n1-c1cccc(-c2ccc3c(-c4ccccc4)c4ccccc4c(-c4ccccc4)c3c2)c1.c1ccc(-c2nc3ccccc3n2-c2cccc(-c3ccc4c(-c5ccc6ccccc6c5)c5ccccc5c(-c5ccc6ccccc6c5)c4c3)c2)cc1. The third kappa shape index (κ3) is 15.1. The fourth-order valence-corrected chi connectivity index (χ4v) is 21.7. The van der Waals surface area contributed by atoms with E-state index >= 15 is 0 Å². The van der Waals surface area contributed by atoms with Gasteiger partial charge in [0.1, 0.15) is 17.5 Å². The highest BCUT2D eigenvalue weighted by Crippen LogP contribution is 2.51. The van der Waals surface area contributed by atoms with Crippen LogP contribution in [0.1, 0.15) is 18.6 Å². The summed E-state index contributed by atoms with van der Waals surface area (Å²) in [5.74, 6) is 2.99. The zero-order valence-corrected chi connectivity index (χ0v) is 77.4. The van der Waals surface area contributed by atoms with E-state index in [0.29, 0.717) is 0 Å². The molecule has 658 valence electrons. The Morgan fingerprint density at radius 1 is 0.171 bits per heavy atom. The summed E-state index contributed by atoms with van der Waals surface area (Å²) in [5.41, 5.74) is 32.8. The molecule has 0 aliphatic carbocycles. The highest BCUT2D eigenvalue weighted by atomic mass is 15.1. The van der Waals surface area contributed by atoms with Crippen LogP contribution >= 0.6 is 0 Å². The number of aryl methyl sites for hydroxylation is 2. The van der Waals surface area contributed by atoms with Crippen molar-refractivity contribution in [1.29, 1.82) is 0 Å². The monoisotopic (exact) mass is 1780 g/mol. The lowest BCUT2D eigenvalue weighted by atomic mass is 9.84. The summed E-state index contributed by atoms with van der Waals surface area (Å²) >= 11 is 0. The van der Waals surface area contributed by atoms with E-state index < -0.39 is 0 Å². The molecule has 0 bridgehead atoms. The van der Waals surface area contributed by atoms with Gasteiger partial charge in [-0.15, -0.1) is 0 Å². The predicted molar refractivity (Wildman–Crippen MR) is 592 cm³/mol. The molecule has 6 nitrogen and oxygen atoms in total. The summed E-state index contributed by atoms with van der Waals surface area (Å²) in [4.78, 5) is 14.9. The van der Waals surface area contributed by atoms with Gasteiger partial charge >= 0.3 is 0 Å². The molecule has 0 aliphatic heterocycles. The average molecular weight is 1790 g/mol. The molecular formula is C134H92N6. The van der Waals surface area contributed by atoms with Crippen LogP contribution in [-0.2, 0) is 6.42 Å². The summed E-state index contributed by atoms with van der Waals surface area (Å²) in [6, 6.07) is 184. The van der Waals surface area contributed by atoms with Gasteiger partial charge in [0.05, 0.1) is 33.1 Å². The Balaban J connectivity index is 0.000000112. The smallest absolute Gasteiger partial charge is 0.145 e. The van der Waals surface area contributed by atoms with Crippen molar-refractivity contribution in [1.82, 2.24) is 28.7 Å². The molecule has 3 aromatic heterocycles. The summed E-state index contributed by atoms with van der Waals surface area (Å²) in [6.45, 7) is 4.25. The van der Waals surface area contributed by atoms with E-state index in [1.807, 2.05) is 6.07 Å². The maximum Gasteiger partial charge on any atom is 0.145 e. The largest absolute Gasteiger partial charge is 0.297 e. The van der Waals surface area contributed by atoms with Crippen LogP contribution in [0.2, 0.25) is 0 Å². The van der Waals surface area contributed by atoms with E-state index in [0.717, 1.165) is 85.2 Å². The van der Waals surface area contributed by atoms with Gasteiger partial charge in [-0.05, 0) is 296 Å². The van der Waals surface area contributed by atoms with E-state index in [1.54, 1.807) is 0 Å². The van der Waals surface area contributed by atoms with Gasteiger partial charge in [-0.25, -0.2) is 15.0 Å². The van der Waals surface area contributed by atoms with Crippen molar-refractivity contribution in [2.24, 2.45) is 0 Å². The molecule has 0 aliphatic rings. The zero-order valence-electron chi connectivity index (χ0n) is 77.4. The van der Waals surface area contributed by atoms with Gasteiger partial charge in [-0.2, -0.15) is 0 Å². The minimum atomic E-state index is 0.866. The second-order valence-corrected chi connectivity index (χ2v) is 36.2. The van der Waals surface area contributed by atoms with Gasteiger partial charge in [0.2, 0.25) is 0 Å². The Labute approximate surface area is 812 Å². The Morgan fingerprint density at radius 2 is 0.436 bits per heavy atom. The van der Waals surface area contributed by atoms with Gasteiger partial charge in [0.15, 0.2) is 0 Å². The lowest BCUT2D eigenvalue weighted by Crippen LogP contribution is -2.00. The predicted octanol–water partition coefficient (Wildman–Crippen LogP) is 35.8. The number of nitrogens with zero attached hydrogens (tertiary/aromatic N) is 6. The molecule has 27 rings (SSSR count). The third-order valence-corrected chi connectivity index (χ3v) is 28.0. The van der Waals surface area contributed by atoms with E-state index in [9.17, 15) is 0 Å². The van der Waals surface area contributed by atoms with E-state index in [4.69, 9.17) is 15.0 Å². The van der Waals surface area contributed by atoms with Gasteiger partial charge in [0.25, 0.3) is 0 Å². The van der Waals surface area contributed by atoms with Crippen LogP contribution in [0.4, 0.5) is 0 Å². The molecule has 0 saturated heterocycles. The lowest BCUT2D eigenvalue weighted by Gasteiger charge is -2.19. The lowest BCUT2D eigenvalue weighted by molar-refractivity contribution is 0.908. The number of hydrogen-bond acceptors (Lipinski definition) is 3. The Bertz CT molecular complexity index is 9480. The molecule has 0 spiro atoms. The van der Waals surface area contributed by atoms with Gasteiger partial charge < -0.3 is 0 Å². The van der Waals surface area contributed by atoms with Crippen LogP contribution in [0.5, 0.6) is 0 Å². The van der Waals surface area contributed by atoms with Crippen molar-refractivity contribution in [2.45, 2.75) is 20.3 Å². The molecule has 0 unspecified atom stereocenters. The third-order valence-electron chi connectivity index (χ3n) is 28.0. The van der Waals surface area contributed by atoms with Crippen LogP contribution in [0, 0.1) is 6.92 Å². The molecule has 0 amide bonds. The summed E-state index contributed by atoms with van der Waals surface area (Å²) in [5, 5.41) is 20.1. The fourth-order valence-electron chi connectivity index (χ4n) is 21.7. The number of para-hydroxylation sites is 6. The second kappa shape index (κ2) is 35.9. The highest BCUT2D eigenvalue weighted by Gasteiger charge is 2.25. The number of imidazole rings is 3. The number of aromatic nitrogens is 6. The van der Waals surface area contributed by atoms with Crippen LogP contribution in [-0.4, -0.2) is 28.7 Å². The first-order valence-electron chi connectivity index (χ1n) is 48.2. The summed E-state index contributed by atoms with van der Waals surface area (Å²) in [7, 11) is 0. The van der Waals surface area contributed by atoms with Gasteiger partial charge in [0, 0.05) is 29.0 Å². The van der Waals surface area contributed by atoms with Crippen molar-refractivity contribution < 1.29 is 0 Å². The molecule has 0 fully saturated rings. The molecule has 27 aromatic rings. The molecule has 0 atom stereocenters. The highest BCUT2D eigenvalue weighted by molar-refractivity contribution is 6.26.